The van der Waals surface area contributed by atoms with Gasteiger partial charge in [-0.25, -0.2) is 0 Å². The van der Waals surface area contributed by atoms with Crippen molar-refractivity contribution in [3.63, 3.8) is 0 Å². The molecular formula is C14H25ClN2O2. The van der Waals surface area contributed by atoms with E-state index in [9.17, 15) is 10.2 Å². The molecule has 0 saturated heterocycles. The Balaban J connectivity index is 2.84. The van der Waals surface area contributed by atoms with Crippen LogP contribution in [0.4, 0.5) is 0 Å². The molecule has 0 aliphatic rings. The molecule has 0 saturated carbocycles. The molecule has 5 heteroatoms. The van der Waals surface area contributed by atoms with Crippen molar-refractivity contribution in [1.82, 2.24) is 9.78 Å². The molecule has 2 N–H and O–H groups in total. The van der Waals surface area contributed by atoms with Crippen molar-refractivity contribution in [2.24, 2.45) is 5.92 Å². The highest BCUT2D eigenvalue weighted by Gasteiger charge is 2.26. The van der Waals surface area contributed by atoms with Gasteiger partial charge in [-0.15, -0.1) is 0 Å². The second-order valence-corrected chi connectivity index (χ2v) is 5.38. The normalized spacial score (nSPS) is 14.9. The molecule has 0 spiro atoms. The average Bonchev–Trinajstić information content (AvgIpc) is 2.67. The number of hydrogen-bond acceptors (Lipinski definition) is 3. The molecule has 4 nitrogen and oxygen atoms in total. The first-order valence-electron chi connectivity index (χ1n) is 7.04. The molecule has 1 aromatic heterocycles. The van der Waals surface area contributed by atoms with Crippen molar-refractivity contribution in [1.29, 1.82) is 0 Å². The van der Waals surface area contributed by atoms with Gasteiger partial charge in [0.05, 0.1) is 28.6 Å². The average molecular weight is 289 g/mol. The maximum Gasteiger partial charge on any atom is 0.0857 e. The fraction of sp³-hybridized carbons (Fsp3) is 0.786. The zero-order valence-electron chi connectivity index (χ0n) is 12.2. The third-order valence-electron chi connectivity index (χ3n) is 3.78. The van der Waals surface area contributed by atoms with Crippen molar-refractivity contribution in [3.05, 3.63) is 16.4 Å². The second kappa shape index (κ2) is 7.27. The summed E-state index contributed by atoms with van der Waals surface area (Å²) in [6, 6.07) is 0. The van der Waals surface area contributed by atoms with Crippen LogP contribution >= 0.6 is 11.6 Å². The van der Waals surface area contributed by atoms with E-state index < -0.39 is 12.2 Å². The molecule has 0 fully saturated rings. The van der Waals surface area contributed by atoms with Crippen molar-refractivity contribution < 1.29 is 10.2 Å². The zero-order chi connectivity index (χ0) is 14.6. The molecule has 2 unspecified atom stereocenters. The van der Waals surface area contributed by atoms with Crippen LogP contribution in [-0.2, 0) is 13.0 Å². The molecule has 1 heterocycles. The van der Waals surface area contributed by atoms with Gasteiger partial charge in [-0.05, 0) is 19.8 Å². The maximum absolute atomic E-state index is 10.2. The van der Waals surface area contributed by atoms with E-state index in [1.165, 1.54) is 0 Å². The van der Waals surface area contributed by atoms with Crippen LogP contribution < -0.4 is 0 Å². The highest BCUT2D eigenvalue weighted by molar-refractivity contribution is 6.31. The van der Waals surface area contributed by atoms with Crippen LogP contribution in [0.5, 0.6) is 0 Å². The molecule has 0 bridgehead atoms. The minimum Gasteiger partial charge on any atom is -0.390 e. The summed E-state index contributed by atoms with van der Waals surface area (Å²) in [4.78, 5) is 0. The van der Waals surface area contributed by atoms with E-state index in [1.54, 1.807) is 4.68 Å². The summed E-state index contributed by atoms with van der Waals surface area (Å²) >= 11 is 6.21. The van der Waals surface area contributed by atoms with E-state index in [0.29, 0.717) is 18.0 Å². The Morgan fingerprint density at radius 2 is 1.79 bits per heavy atom. The molecule has 2 atom stereocenters. The summed E-state index contributed by atoms with van der Waals surface area (Å²) in [5.74, 6) is 0.118. The van der Waals surface area contributed by atoms with Crippen molar-refractivity contribution in [3.8, 4) is 0 Å². The Kier molecular flexibility index (Phi) is 6.30. The predicted octanol–water partition coefficient (Wildman–Crippen LogP) is 2.57. The fourth-order valence-electron chi connectivity index (χ4n) is 2.47. The number of aryl methyl sites for hydroxylation is 2. The molecule has 0 amide bonds. The number of aliphatic hydroxyl groups excluding tert-OH is 2. The minimum absolute atomic E-state index is 0.118. The van der Waals surface area contributed by atoms with E-state index in [0.717, 1.165) is 24.2 Å². The second-order valence-electron chi connectivity index (χ2n) is 5.00. The lowest BCUT2D eigenvalue weighted by Gasteiger charge is -2.25. The monoisotopic (exact) mass is 288 g/mol. The zero-order valence-corrected chi connectivity index (χ0v) is 13.0. The number of rotatable bonds is 7. The third kappa shape index (κ3) is 3.71. The molecule has 0 radical (unpaired) electrons. The maximum atomic E-state index is 10.2. The number of aliphatic hydroxyl groups is 2. The summed E-state index contributed by atoms with van der Waals surface area (Å²) in [6.45, 7) is 8.59. The van der Waals surface area contributed by atoms with Crippen LogP contribution in [0.3, 0.4) is 0 Å². The lowest BCUT2D eigenvalue weighted by molar-refractivity contribution is -0.0196. The Hall–Kier alpha value is -0.580. The lowest BCUT2D eigenvalue weighted by atomic mass is 9.91. The van der Waals surface area contributed by atoms with Gasteiger partial charge in [-0.2, -0.15) is 5.10 Å². The van der Waals surface area contributed by atoms with Gasteiger partial charge >= 0.3 is 0 Å². The Morgan fingerprint density at radius 1 is 1.21 bits per heavy atom. The smallest absolute Gasteiger partial charge is 0.0857 e. The molecule has 1 aromatic rings. The highest BCUT2D eigenvalue weighted by atomic mass is 35.5. The Bertz CT molecular complexity index is 402. The van der Waals surface area contributed by atoms with Gasteiger partial charge in [0.25, 0.3) is 0 Å². The first-order valence-corrected chi connectivity index (χ1v) is 7.41. The van der Waals surface area contributed by atoms with Gasteiger partial charge < -0.3 is 10.2 Å². The highest BCUT2D eigenvalue weighted by Crippen LogP contribution is 2.24. The fourth-order valence-corrected chi connectivity index (χ4v) is 2.68. The van der Waals surface area contributed by atoms with Gasteiger partial charge in [0.1, 0.15) is 0 Å². The predicted molar refractivity (Wildman–Crippen MR) is 77.4 cm³/mol. The third-order valence-corrected chi connectivity index (χ3v) is 4.27. The molecule has 0 aliphatic carbocycles. The molecular weight excluding hydrogens is 264 g/mol. The van der Waals surface area contributed by atoms with Crippen LogP contribution in [0.1, 0.15) is 45.0 Å². The van der Waals surface area contributed by atoms with E-state index in [1.807, 2.05) is 27.7 Å². The summed E-state index contributed by atoms with van der Waals surface area (Å²) in [7, 11) is 0. The van der Waals surface area contributed by atoms with Crippen LogP contribution in [0.2, 0.25) is 5.02 Å². The number of hydrogen-bond donors (Lipinski definition) is 2. The van der Waals surface area contributed by atoms with Crippen molar-refractivity contribution in [2.75, 3.05) is 0 Å². The van der Waals surface area contributed by atoms with E-state index in [2.05, 4.69) is 5.10 Å². The topological polar surface area (TPSA) is 58.3 Å². The summed E-state index contributed by atoms with van der Waals surface area (Å²) < 4.78 is 1.79. The molecule has 0 aromatic carbocycles. The van der Waals surface area contributed by atoms with Gasteiger partial charge in [0, 0.05) is 13.0 Å². The Labute approximate surface area is 120 Å². The first-order chi connectivity index (χ1) is 8.96. The van der Waals surface area contributed by atoms with E-state index in [-0.39, 0.29) is 5.92 Å². The SMILES string of the molecule is CCC(CC)C(O)C(O)Cc1c(Cl)c(C)nn1CC. The molecule has 19 heavy (non-hydrogen) atoms. The minimum atomic E-state index is -0.802. The summed E-state index contributed by atoms with van der Waals surface area (Å²) in [5, 5.41) is 25.3. The number of halogens is 1. The van der Waals surface area contributed by atoms with E-state index >= 15 is 0 Å². The lowest BCUT2D eigenvalue weighted by Crippen LogP contribution is -2.35. The summed E-state index contributed by atoms with van der Waals surface area (Å²) in [6.07, 6.45) is 0.532. The van der Waals surface area contributed by atoms with Gasteiger partial charge in [-0.1, -0.05) is 38.3 Å². The molecule has 1 rings (SSSR count). The van der Waals surface area contributed by atoms with Gasteiger partial charge in [0.2, 0.25) is 0 Å². The van der Waals surface area contributed by atoms with Crippen LogP contribution in [-0.4, -0.2) is 32.2 Å². The van der Waals surface area contributed by atoms with Crippen LogP contribution in [0.25, 0.3) is 0 Å². The van der Waals surface area contributed by atoms with Crippen molar-refractivity contribution >= 4 is 11.6 Å². The van der Waals surface area contributed by atoms with Crippen LogP contribution in [0.15, 0.2) is 0 Å². The van der Waals surface area contributed by atoms with Gasteiger partial charge in [0.15, 0.2) is 0 Å². The largest absolute Gasteiger partial charge is 0.390 e. The molecule has 110 valence electrons. The van der Waals surface area contributed by atoms with Crippen molar-refractivity contribution in [2.45, 2.75) is 65.7 Å². The number of aromatic nitrogens is 2. The molecule has 0 aliphatic heterocycles. The van der Waals surface area contributed by atoms with Crippen LogP contribution in [0, 0.1) is 12.8 Å². The van der Waals surface area contributed by atoms with Gasteiger partial charge in [-0.3, -0.25) is 4.68 Å². The summed E-state index contributed by atoms with van der Waals surface area (Å²) in [5.41, 5.74) is 1.57. The van der Waals surface area contributed by atoms with E-state index in [4.69, 9.17) is 11.6 Å². The number of nitrogens with zero attached hydrogens (tertiary/aromatic N) is 2. The quantitative estimate of drug-likeness (QED) is 0.811. The first kappa shape index (κ1) is 16.5. The Morgan fingerprint density at radius 3 is 2.26 bits per heavy atom. The standard InChI is InChI=1S/C14H25ClN2O2/c1-5-10(6-2)14(19)12(18)8-11-13(15)9(4)16-17(11)7-3/h10,12,14,18-19H,5-8H2,1-4H3.